The van der Waals surface area contributed by atoms with Crippen LogP contribution in [0.3, 0.4) is 0 Å². The molecule has 204 valence electrons. The molecule has 0 spiro atoms. The first-order valence-corrected chi connectivity index (χ1v) is 14.2. The summed E-state index contributed by atoms with van der Waals surface area (Å²) in [6.07, 6.45) is 5.67. The number of amides is 1. The summed E-state index contributed by atoms with van der Waals surface area (Å²) in [7, 11) is 2.11. The Morgan fingerprint density at radius 2 is 2.00 bits per heavy atom. The van der Waals surface area contributed by atoms with E-state index in [9.17, 15) is 9.18 Å². The summed E-state index contributed by atoms with van der Waals surface area (Å²) in [6, 6.07) is 7.77. The Kier molecular flexibility index (Phi) is 9.90. The number of nitrogens with one attached hydrogen (secondary N) is 2. The predicted octanol–water partition coefficient (Wildman–Crippen LogP) is 3.93. The number of aromatic nitrogens is 1. The highest BCUT2D eigenvalue weighted by atomic mass is 35.5. The Bertz CT molecular complexity index is 1190. The van der Waals surface area contributed by atoms with Gasteiger partial charge in [-0.2, -0.15) is 11.8 Å². The number of thioether (sulfide) groups is 1. The van der Waals surface area contributed by atoms with Gasteiger partial charge in [0.15, 0.2) is 0 Å². The fraction of sp³-hybridized carbons (Fsp3) is 0.407. The number of rotatable bonds is 9. The number of anilines is 2. The molecule has 1 aromatic carbocycles. The standard InChI is InChI=1S/C27H35ClFN7OS/c1-35-10-12-36(13-11-35)9-7-26(37)34-25-16-19(6-8-32-25)33-23(27(31)24-3-2-14-38-24)17-22(30)20-15-18(28)4-5-21(20)29/h4-6,8,15-17,24H,2-3,7,9-14,30-31H2,1H3,(H2,32,33,34,37)/b22-17-,27-23+. The molecule has 38 heavy (non-hydrogen) atoms. The van der Waals surface area contributed by atoms with E-state index in [0.29, 0.717) is 40.9 Å². The highest BCUT2D eigenvalue weighted by Crippen LogP contribution is 2.32. The summed E-state index contributed by atoms with van der Waals surface area (Å²) in [4.78, 5) is 21.5. The molecular formula is C27H35ClFN7OS. The van der Waals surface area contributed by atoms with Crippen LogP contribution >= 0.6 is 23.4 Å². The summed E-state index contributed by atoms with van der Waals surface area (Å²) < 4.78 is 14.5. The molecule has 1 atom stereocenters. The molecule has 0 bridgehead atoms. The molecule has 2 aliphatic rings. The molecule has 2 aromatic rings. The molecule has 6 N–H and O–H groups in total. The minimum absolute atomic E-state index is 0.0909. The number of hydrogen-bond donors (Lipinski definition) is 4. The molecule has 0 saturated carbocycles. The highest BCUT2D eigenvalue weighted by Gasteiger charge is 2.21. The van der Waals surface area contributed by atoms with Crippen molar-refractivity contribution in [3.05, 3.63) is 70.4 Å². The SMILES string of the molecule is CN1CCN(CCC(=O)Nc2cc(NC(/C=C(\N)c3cc(Cl)ccc3F)=C(/N)C3CCCS3)ccn2)CC1. The maximum absolute atomic E-state index is 14.5. The van der Waals surface area contributed by atoms with Crippen LogP contribution in [0.25, 0.3) is 5.70 Å². The first kappa shape index (κ1) is 28.2. The average molecular weight is 560 g/mol. The van der Waals surface area contributed by atoms with Crippen molar-refractivity contribution in [2.24, 2.45) is 11.5 Å². The Morgan fingerprint density at radius 1 is 1.21 bits per heavy atom. The number of nitrogens with two attached hydrogens (primary N) is 2. The van der Waals surface area contributed by atoms with Crippen molar-refractivity contribution in [2.75, 3.05) is 56.2 Å². The van der Waals surface area contributed by atoms with E-state index in [2.05, 4.69) is 32.5 Å². The van der Waals surface area contributed by atoms with Crippen LogP contribution in [0.2, 0.25) is 5.02 Å². The van der Waals surface area contributed by atoms with Gasteiger partial charge in [0.25, 0.3) is 0 Å². The zero-order valence-electron chi connectivity index (χ0n) is 21.6. The average Bonchev–Trinajstić information content (AvgIpc) is 3.44. The second-order valence-electron chi connectivity index (χ2n) is 9.59. The Labute approximate surface area is 232 Å². The molecule has 4 rings (SSSR count). The van der Waals surface area contributed by atoms with E-state index < -0.39 is 5.82 Å². The number of allylic oxidation sites excluding steroid dienone is 1. The van der Waals surface area contributed by atoms with Gasteiger partial charge in [0, 0.05) is 84.3 Å². The summed E-state index contributed by atoms with van der Waals surface area (Å²) in [5.74, 6) is 0.901. The van der Waals surface area contributed by atoms with Crippen LogP contribution in [0, 0.1) is 5.82 Å². The van der Waals surface area contributed by atoms with Crippen LogP contribution in [0.15, 0.2) is 54.0 Å². The Morgan fingerprint density at radius 3 is 2.74 bits per heavy atom. The lowest BCUT2D eigenvalue weighted by Gasteiger charge is -2.32. The van der Waals surface area contributed by atoms with Crippen LogP contribution in [0.1, 0.15) is 24.8 Å². The lowest BCUT2D eigenvalue weighted by atomic mass is 10.1. The number of carbonyl (C=O) groups excluding carboxylic acids is 1. The summed E-state index contributed by atoms with van der Waals surface area (Å²) in [5, 5.41) is 6.72. The van der Waals surface area contributed by atoms with E-state index in [4.69, 9.17) is 23.1 Å². The highest BCUT2D eigenvalue weighted by molar-refractivity contribution is 8.00. The molecule has 2 aliphatic heterocycles. The number of halogens is 2. The van der Waals surface area contributed by atoms with Crippen molar-refractivity contribution in [2.45, 2.75) is 24.5 Å². The van der Waals surface area contributed by atoms with Crippen LogP contribution in [-0.2, 0) is 4.79 Å². The third-order valence-corrected chi connectivity index (χ3v) is 8.34. The molecule has 8 nitrogen and oxygen atoms in total. The first-order chi connectivity index (χ1) is 18.3. The van der Waals surface area contributed by atoms with Gasteiger partial charge in [0.2, 0.25) is 5.91 Å². The van der Waals surface area contributed by atoms with Crippen molar-refractivity contribution in [1.82, 2.24) is 14.8 Å². The molecule has 2 saturated heterocycles. The van der Waals surface area contributed by atoms with Crippen molar-refractivity contribution < 1.29 is 9.18 Å². The molecule has 1 aromatic heterocycles. The van der Waals surface area contributed by atoms with Gasteiger partial charge >= 0.3 is 0 Å². The molecule has 1 unspecified atom stereocenters. The number of piperazine rings is 1. The van der Waals surface area contributed by atoms with Gasteiger partial charge < -0.3 is 31.9 Å². The lowest BCUT2D eigenvalue weighted by molar-refractivity contribution is -0.116. The topological polar surface area (TPSA) is 113 Å². The molecular weight excluding hydrogens is 525 g/mol. The van der Waals surface area contributed by atoms with Crippen LogP contribution < -0.4 is 22.1 Å². The molecule has 0 radical (unpaired) electrons. The van der Waals surface area contributed by atoms with Crippen molar-refractivity contribution in [3.63, 3.8) is 0 Å². The van der Waals surface area contributed by atoms with E-state index >= 15 is 0 Å². The minimum atomic E-state index is -0.471. The fourth-order valence-electron chi connectivity index (χ4n) is 4.41. The number of carbonyl (C=O) groups is 1. The van der Waals surface area contributed by atoms with Gasteiger partial charge in [0.1, 0.15) is 11.6 Å². The Hall–Kier alpha value is -2.79. The van der Waals surface area contributed by atoms with Gasteiger partial charge in [-0.1, -0.05) is 11.6 Å². The normalized spacial score (nSPS) is 19.8. The second-order valence-corrected chi connectivity index (χ2v) is 11.3. The maximum Gasteiger partial charge on any atom is 0.226 e. The number of hydrogen-bond acceptors (Lipinski definition) is 8. The smallest absolute Gasteiger partial charge is 0.226 e. The van der Waals surface area contributed by atoms with Gasteiger partial charge in [-0.25, -0.2) is 9.37 Å². The van der Waals surface area contributed by atoms with Gasteiger partial charge in [0.05, 0.1) is 5.70 Å². The van der Waals surface area contributed by atoms with Gasteiger partial charge in [-0.15, -0.1) is 0 Å². The van der Waals surface area contributed by atoms with Crippen molar-refractivity contribution >= 4 is 46.5 Å². The zero-order valence-corrected chi connectivity index (χ0v) is 23.1. The van der Waals surface area contributed by atoms with E-state index in [1.807, 2.05) is 0 Å². The largest absolute Gasteiger partial charge is 0.399 e. The third-order valence-electron chi connectivity index (χ3n) is 6.68. The molecule has 3 heterocycles. The first-order valence-electron chi connectivity index (χ1n) is 12.8. The maximum atomic E-state index is 14.5. The minimum Gasteiger partial charge on any atom is -0.399 e. The molecule has 11 heteroatoms. The molecule has 1 amide bonds. The monoisotopic (exact) mass is 559 g/mol. The van der Waals surface area contributed by atoms with E-state index in [-0.39, 0.29) is 22.4 Å². The predicted molar refractivity (Wildman–Crippen MR) is 155 cm³/mol. The van der Waals surface area contributed by atoms with Crippen molar-refractivity contribution in [3.8, 4) is 0 Å². The second kappa shape index (κ2) is 13.3. The van der Waals surface area contributed by atoms with Crippen LogP contribution in [-0.4, -0.2) is 71.5 Å². The Balaban J connectivity index is 1.48. The summed E-state index contributed by atoms with van der Waals surface area (Å²) >= 11 is 7.86. The fourth-order valence-corrected chi connectivity index (χ4v) is 5.84. The quantitative estimate of drug-likeness (QED) is 0.342. The van der Waals surface area contributed by atoms with Gasteiger partial charge in [-0.05, 0) is 56.0 Å². The third kappa shape index (κ3) is 7.86. The van der Waals surface area contributed by atoms with Crippen molar-refractivity contribution in [1.29, 1.82) is 0 Å². The number of likely N-dealkylation sites (N-methyl/N-ethyl adjacent to an activating group) is 1. The summed E-state index contributed by atoms with van der Waals surface area (Å²) in [5.41, 5.74) is 15.2. The number of pyridine rings is 1. The molecule has 0 aliphatic carbocycles. The number of benzene rings is 1. The van der Waals surface area contributed by atoms with Crippen LogP contribution in [0.5, 0.6) is 0 Å². The van der Waals surface area contributed by atoms with Crippen LogP contribution in [0.4, 0.5) is 15.9 Å². The summed E-state index contributed by atoms with van der Waals surface area (Å²) in [6.45, 7) is 4.67. The zero-order chi connectivity index (χ0) is 27.1. The van der Waals surface area contributed by atoms with E-state index in [0.717, 1.165) is 44.8 Å². The number of nitrogens with zero attached hydrogens (tertiary/aromatic N) is 3. The van der Waals surface area contributed by atoms with E-state index in [1.54, 1.807) is 36.2 Å². The molecule has 2 fully saturated rings. The lowest BCUT2D eigenvalue weighted by Crippen LogP contribution is -2.45. The van der Waals surface area contributed by atoms with Gasteiger partial charge in [-0.3, -0.25) is 4.79 Å². The van der Waals surface area contributed by atoms with E-state index in [1.165, 1.54) is 18.2 Å².